The van der Waals surface area contributed by atoms with Gasteiger partial charge in [0.2, 0.25) is 0 Å². The summed E-state index contributed by atoms with van der Waals surface area (Å²) in [5.41, 5.74) is 1.07. The Kier molecular flexibility index (Phi) is 3.45. The number of nitro benzene ring substituents is 1. The summed E-state index contributed by atoms with van der Waals surface area (Å²) in [4.78, 5) is 12.9. The number of anilines is 1. The van der Waals surface area contributed by atoms with Crippen molar-refractivity contribution in [3.05, 3.63) is 32.8 Å². The van der Waals surface area contributed by atoms with Crippen LogP contribution in [0.1, 0.15) is 19.3 Å². The van der Waals surface area contributed by atoms with Gasteiger partial charge in [-0.2, -0.15) is 0 Å². The Morgan fingerprint density at radius 2 is 2.21 bits per heavy atom. The van der Waals surface area contributed by atoms with Gasteiger partial charge in [-0.25, -0.2) is 0 Å². The molecule has 0 radical (unpaired) electrons. The molecule has 0 saturated carbocycles. The number of nitrogens with zero attached hydrogens (tertiary/aromatic N) is 2. The molecular weight excluding hydrogens is 310 g/mol. The number of hydrogen-bond donors (Lipinski definition) is 1. The monoisotopic (exact) mass is 325 g/mol. The maximum absolute atomic E-state index is 10.7. The average Bonchev–Trinajstić information content (AvgIpc) is 2.96. The number of rotatable bonds is 3. The maximum Gasteiger partial charge on any atom is 0.270 e. The van der Waals surface area contributed by atoms with Crippen LogP contribution < -0.4 is 5.32 Å². The minimum Gasteiger partial charge on any atom is -0.380 e. The molecule has 1 aromatic rings. The zero-order valence-electron chi connectivity index (χ0n) is 10.5. The SMILES string of the molecule is O=[N+]([O-])c1ccc(NC2CCN3CCCC23)c(Br)c1. The van der Waals surface area contributed by atoms with E-state index in [1.165, 1.54) is 19.4 Å². The van der Waals surface area contributed by atoms with E-state index in [2.05, 4.69) is 26.1 Å². The van der Waals surface area contributed by atoms with Gasteiger partial charge in [0, 0.05) is 40.9 Å². The van der Waals surface area contributed by atoms with E-state index in [-0.39, 0.29) is 10.6 Å². The third-order valence-electron chi connectivity index (χ3n) is 4.11. The fraction of sp³-hybridized carbons (Fsp3) is 0.538. The topological polar surface area (TPSA) is 58.4 Å². The van der Waals surface area contributed by atoms with E-state index in [4.69, 9.17) is 0 Å². The van der Waals surface area contributed by atoms with Crippen LogP contribution in [0, 0.1) is 10.1 Å². The summed E-state index contributed by atoms with van der Waals surface area (Å²) in [6.45, 7) is 2.37. The Morgan fingerprint density at radius 1 is 1.37 bits per heavy atom. The summed E-state index contributed by atoms with van der Waals surface area (Å²) in [6.07, 6.45) is 3.68. The predicted octanol–water partition coefficient (Wildman–Crippen LogP) is 3.01. The molecule has 2 heterocycles. The summed E-state index contributed by atoms with van der Waals surface area (Å²) in [5.74, 6) is 0. The van der Waals surface area contributed by atoms with Crippen molar-refractivity contribution in [3.63, 3.8) is 0 Å². The molecule has 2 atom stereocenters. The van der Waals surface area contributed by atoms with E-state index in [1.807, 2.05) is 0 Å². The first-order valence-corrected chi connectivity index (χ1v) is 7.39. The molecule has 0 spiro atoms. The van der Waals surface area contributed by atoms with Crippen LogP contribution in [0.4, 0.5) is 11.4 Å². The Labute approximate surface area is 120 Å². The fourth-order valence-electron chi connectivity index (χ4n) is 3.19. The third-order valence-corrected chi connectivity index (χ3v) is 4.77. The van der Waals surface area contributed by atoms with Gasteiger partial charge in [0.1, 0.15) is 0 Å². The smallest absolute Gasteiger partial charge is 0.270 e. The molecule has 0 bridgehead atoms. The standard InChI is InChI=1S/C13H16BrN3O2/c14-10-8-9(17(18)19)3-4-11(10)15-12-5-7-16-6-1-2-13(12)16/h3-4,8,12-13,15H,1-2,5-7H2. The molecule has 2 saturated heterocycles. The van der Waals surface area contributed by atoms with Gasteiger partial charge in [-0.1, -0.05) is 0 Å². The summed E-state index contributed by atoms with van der Waals surface area (Å²) in [5, 5.41) is 14.3. The first kappa shape index (κ1) is 12.9. The van der Waals surface area contributed by atoms with Crippen molar-refractivity contribution < 1.29 is 4.92 Å². The van der Waals surface area contributed by atoms with Crippen molar-refractivity contribution in [2.45, 2.75) is 31.3 Å². The van der Waals surface area contributed by atoms with E-state index in [9.17, 15) is 10.1 Å². The lowest BCUT2D eigenvalue weighted by molar-refractivity contribution is -0.384. The highest BCUT2D eigenvalue weighted by molar-refractivity contribution is 9.10. The Balaban J connectivity index is 1.75. The molecule has 2 aliphatic heterocycles. The first-order valence-electron chi connectivity index (χ1n) is 6.59. The van der Waals surface area contributed by atoms with Crippen molar-refractivity contribution in [2.75, 3.05) is 18.4 Å². The largest absolute Gasteiger partial charge is 0.380 e. The maximum atomic E-state index is 10.7. The van der Waals surface area contributed by atoms with Crippen LogP contribution in [-0.4, -0.2) is 35.0 Å². The number of fused-ring (bicyclic) bond motifs is 1. The van der Waals surface area contributed by atoms with Gasteiger partial charge >= 0.3 is 0 Å². The molecule has 102 valence electrons. The van der Waals surface area contributed by atoms with E-state index >= 15 is 0 Å². The Hall–Kier alpha value is -1.14. The normalized spacial score (nSPS) is 26.4. The molecule has 3 rings (SSSR count). The second-order valence-electron chi connectivity index (χ2n) is 5.21. The van der Waals surface area contributed by atoms with E-state index in [0.717, 1.165) is 23.1 Å². The van der Waals surface area contributed by atoms with Gasteiger partial charge in [0.15, 0.2) is 0 Å². The van der Waals surface area contributed by atoms with E-state index < -0.39 is 0 Å². The van der Waals surface area contributed by atoms with Crippen molar-refractivity contribution in [3.8, 4) is 0 Å². The Morgan fingerprint density at radius 3 is 2.95 bits per heavy atom. The van der Waals surface area contributed by atoms with Crippen LogP contribution in [0.3, 0.4) is 0 Å². The highest BCUT2D eigenvalue weighted by Crippen LogP contribution is 2.33. The second kappa shape index (κ2) is 5.09. The van der Waals surface area contributed by atoms with Gasteiger partial charge in [0.25, 0.3) is 5.69 Å². The van der Waals surface area contributed by atoms with Gasteiger partial charge in [-0.15, -0.1) is 0 Å². The lowest BCUT2D eigenvalue weighted by atomic mass is 10.1. The number of hydrogen-bond acceptors (Lipinski definition) is 4. The lowest BCUT2D eigenvalue weighted by Crippen LogP contribution is -2.33. The summed E-state index contributed by atoms with van der Waals surface area (Å²) < 4.78 is 0.762. The third kappa shape index (κ3) is 2.47. The molecule has 2 unspecified atom stereocenters. The highest BCUT2D eigenvalue weighted by Gasteiger charge is 2.37. The zero-order valence-corrected chi connectivity index (χ0v) is 12.1. The number of nitro groups is 1. The van der Waals surface area contributed by atoms with Crippen LogP contribution >= 0.6 is 15.9 Å². The molecular formula is C13H16BrN3O2. The fourth-order valence-corrected chi connectivity index (χ4v) is 3.67. The van der Waals surface area contributed by atoms with Crippen molar-refractivity contribution in [1.82, 2.24) is 4.90 Å². The first-order chi connectivity index (χ1) is 9.15. The zero-order chi connectivity index (χ0) is 13.4. The van der Waals surface area contributed by atoms with E-state index in [0.29, 0.717) is 12.1 Å². The van der Waals surface area contributed by atoms with Crippen LogP contribution in [-0.2, 0) is 0 Å². The van der Waals surface area contributed by atoms with Crippen LogP contribution in [0.25, 0.3) is 0 Å². The highest BCUT2D eigenvalue weighted by atomic mass is 79.9. The summed E-state index contributed by atoms with van der Waals surface area (Å²) >= 11 is 3.41. The molecule has 5 nitrogen and oxygen atoms in total. The minimum atomic E-state index is -0.372. The number of halogens is 1. The van der Waals surface area contributed by atoms with Crippen molar-refractivity contribution in [2.24, 2.45) is 0 Å². The van der Waals surface area contributed by atoms with Crippen LogP contribution in [0.2, 0.25) is 0 Å². The van der Waals surface area contributed by atoms with Gasteiger partial charge < -0.3 is 5.32 Å². The molecule has 2 fully saturated rings. The molecule has 0 amide bonds. The number of benzene rings is 1. The van der Waals surface area contributed by atoms with Gasteiger partial charge in [0.05, 0.1) is 4.92 Å². The number of non-ortho nitro benzene ring substituents is 1. The molecule has 6 heteroatoms. The second-order valence-corrected chi connectivity index (χ2v) is 6.06. The van der Waals surface area contributed by atoms with E-state index in [1.54, 1.807) is 18.2 Å². The van der Waals surface area contributed by atoms with Gasteiger partial charge in [-0.05, 0) is 47.8 Å². The lowest BCUT2D eigenvalue weighted by Gasteiger charge is -2.22. The molecule has 0 aliphatic carbocycles. The number of nitrogens with one attached hydrogen (secondary N) is 1. The Bertz CT molecular complexity index is 509. The predicted molar refractivity (Wildman–Crippen MR) is 77.4 cm³/mol. The molecule has 1 N–H and O–H groups in total. The van der Waals surface area contributed by atoms with Crippen molar-refractivity contribution >= 4 is 27.3 Å². The van der Waals surface area contributed by atoms with Crippen LogP contribution in [0.15, 0.2) is 22.7 Å². The molecule has 2 aliphatic rings. The quantitative estimate of drug-likeness (QED) is 0.685. The summed E-state index contributed by atoms with van der Waals surface area (Å²) in [7, 11) is 0. The molecule has 0 aromatic heterocycles. The minimum absolute atomic E-state index is 0.117. The average molecular weight is 326 g/mol. The summed E-state index contributed by atoms with van der Waals surface area (Å²) in [6, 6.07) is 5.99. The molecule has 1 aromatic carbocycles. The van der Waals surface area contributed by atoms with Gasteiger partial charge in [-0.3, -0.25) is 15.0 Å². The van der Waals surface area contributed by atoms with Crippen molar-refractivity contribution in [1.29, 1.82) is 0 Å². The molecule has 19 heavy (non-hydrogen) atoms. The van der Waals surface area contributed by atoms with Crippen LogP contribution in [0.5, 0.6) is 0 Å².